The number of nitro groups is 1. The molecule has 0 bridgehead atoms. The van der Waals surface area contributed by atoms with Gasteiger partial charge in [0.2, 0.25) is 0 Å². The van der Waals surface area contributed by atoms with Gasteiger partial charge in [0.25, 0.3) is 5.69 Å². The molecular formula is C12H18N2O2S. The van der Waals surface area contributed by atoms with Gasteiger partial charge in [0.15, 0.2) is 0 Å². The number of nitro benzene ring substituents is 1. The van der Waals surface area contributed by atoms with Crippen molar-refractivity contribution in [2.24, 2.45) is 5.92 Å². The van der Waals surface area contributed by atoms with E-state index in [4.69, 9.17) is 5.73 Å². The first-order chi connectivity index (χ1) is 8.06. The summed E-state index contributed by atoms with van der Waals surface area (Å²) < 4.78 is 0. The van der Waals surface area contributed by atoms with Crippen LogP contribution in [0.1, 0.15) is 25.8 Å². The molecule has 0 saturated carbocycles. The molecule has 1 atom stereocenters. The second-order valence-corrected chi connectivity index (χ2v) is 5.17. The largest absolute Gasteiger partial charge is 0.393 e. The number of hydrogen-bond acceptors (Lipinski definition) is 4. The van der Waals surface area contributed by atoms with Crippen LogP contribution in [-0.2, 0) is 5.75 Å². The average molecular weight is 254 g/mol. The summed E-state index contributed by atoms with van der Waals surface area (Å²) >= 11 is 1.77. The second-order valence-electron chi connectivity index (χ2n) is 4.14. The number of para-hydroxylation sites is 1. The summed E-state index contributed by atoms with van der Waals surface area (Å²) in [5, 5.41) is 10.7. The first kappa shape index (κ1) is 13.8. The Bertz CT molecular complexity index is 396. The molecule has 0 saturated heterocycles. The highest BCUT2D eigenvalue weighted by molar-refractivity contribution is 7.98. The van der Waals surface area contributed by atoms with Crippen LogP contribution in [0.25, 0.3) is 0 Å². The molecule has 0 aliphatic rings. The lowest BCUT2D eigenvalue weighted by molar-refractivity contribution is -0.383. The predicted octanol–water partition coefficient (Wildman–Crippen LogP) is 3.46. The van der Waals surface area contributed by atoms with Crippen molar-refractivity contribution in [3.8, 4) is 0 Å². The van der Waals surface area contributed by atoms with Gasteiger partial charge < -0.3 is 5.73 Å². The summed E-state index contributed by atoms with van der Waals surface area (Å²) in [6, 6.07) is 4.98. The Morgan fingerprint density at radius 2 is 2.24 bits per heavy atom. The molecule has 1 rings (SSSR count). The molecule has 17 heavy (non-hydrogen) atoms. The van der Waals surface area contributed by atoms with E-state index < -0.39 is 4.92 Å². The third-order valence-corrected chi connectivity index (χ3v) is 4.05. The first-order valence-electron chi connectivity index (χ1n) is 5.65. The molecule has 4 nitrogen and oxygen atoms in total. The molecule has 0 amide bonds. The van der Waals surface area contributed by atoms with Crippen molar-refractivity contribution in [1.82, 2.24) is 0 Å². The van der Waals surface area contributed by atoms with Crippen LogP contribution >= 0.6 is 11.8 Å². The highest BCUT2D eigenvalue weighted by Crippen LogP contribution is 2.28. The Labute approximate surface area is 106 Å². The average Bonchev–Trinajstić information content (AvgIpc) is 2.30. The SMILES string of the molecule is CCC(C)CSCc1cccc([N+](=O)[O-])c1N. The molecule has 1 aromatic rings. The van der Waals surface area contributed by atoms with Crippen LogP contribution in [0.15, 0.2) is 18.2 Å². The second kappa shape index (κ2) is 6.49. The van der Waals surface area contributed by atoms with Crippen LogP contribution < -0.4 is 5.73 Å². The van der Waals surface area contributed by atoms with E-state index in [0.717, 1.165) is 23.5 Å². The standard InChI is InChI=1S/C12H18N2O2S/c1-3-9(2)7-17-8-10-5-4-6-11(12(10)13)14(15)16/h4-6,9H,3,7-8,13H2,1-2H3. The summed E-state index contributed by atoms with van der Waals surface area (Å²) in [6.07, 6.45) is 1.15. The van der Waals surface area contributed by atoms with E-state index in [0.29, 0.717) is 11.6 Å². The molecule has 1 aromatic carbocycles. The number of nitrogens with zero attached hydrogens (tertiary/aromatic N) is 1. The fourth-order valence-electron chi connectivity index (χ4n) is 1.37. The zero-order valence-corrected chi connectivity index (χ0v) is 11.0. The van der Waals surface area contributed by atoms with Crippen molar-refractivity contribution in [2.75, 3.05) is 11.5 Å². The fraction of sp³-hybridized carbons (Fsp3) is 0.500. The molecule has 0 aliphatic carbocycles. The monoisotopic (exact) mass is 254 g/mol. The Hall–Kier alpha value is -1.23. The van der Waals surface area contributed by atoms with Gasteiger partial charge in [-0.25, -0.2) is 0 Å². The molecule has 2 N–H and O–H groups in total. The van der Waals surface area contributed by atoms with E-state index >= 15 is 0 Å². The molecular weight excluding hydrogens is 236 g/mol. The molecule has 1 unspecified atom stereocenters. The van der Waals surface area contributed by atoms with Crippen LogP contribution in [0.3, 0.4) is 0 Å². The Balaban J connectivity index is 2.66. The lowest BCUT2D eigenvalue weighted by atomic mass is 10.2. The minimum atomic E-state index is -0.432. The van der Waals surface area contributed by atoms with E-state index in [-0.39, 0.29) is 5.69 Å². The van der Waals surface area contributed by atoms with Gasteiger partial charge in [-0.1, -0.05) is 32.4 Å². The summed E-state index contributed by atoms with van der Waals surface area (Å²) in [6.45, 7) is 4.36. The van der Waals surface area contributed by atoms with Gasteiger partial charge in [0.05, 0.1) is 4.92 Å². The van der Waals surface area contributed by atoms with E-state index in [1.807, 2.05) is 6.07 Å². The topological polar surface area (TPSA) is 69.2 Å². The van der Waals surface area contributed by atoms with Crippen LogP contribution in [0.4, 0.5) is 11.4 Å². The van der Waals surface area contributed by atoms with E-state index in [2.05, 4.69) is 13.8 Å². The lowest BCUT2D eigenvalue weighted by Gasteiger charge is -2.09. The van der Waals surface area contributed by atoms with Gasteiger partial charge in [-0.3, -0.25) is 10.1 Å². The summed E-state index contributed by atoms with van der Waals surface area (Å²) in [4.78, 5) is 10.3. The Morgan fingerprint density at radius 3 is 2.82 bits per heavy atom. The molecule has 0 heterocycles. The quantitative estimate of drug-likeness (QED) is 0.479. The molecule has 0 fully saturated rings. The normalized spacial score (nSPS) is 12.4. The van der Waals surface area contributed by atoms with Crippen molar-refractivity contribution >= 4 is 23.1 Å². The van der Waals surface area contributed by atoms with Crippen molar-refractivity contribution in [3.63, 3.8) is 0 Å². The lowest BCUT2D eigenvalue weighted by Crippen LogP contribution is -2.01. The number of hydrogen-bond donors (Lipinski definition) is 1. The fourth-order valence-corrected chi connectivity index (χ4v) is 2.60. The summed E-state index contributed by atoms with van der Waals surface area (Å²) in [5.74, 6) is 2.45. The van der Waals surface area contributed by atoms with Crippen molar-refractivity contribution in [3.05, 3.63) is 33.9 Å². The van der Waals surface area contributed by atoms with Crippen molar-refractivity contribution < 1.29 is 4.92 Å². The Morgan fingerprint density at radius 1 is 1.53 bits per heavy atom. The zero-order valence-electron chi connectivity index (χ0n) is 10.2. The van der Waals surface area contributed by atoms with Gasteiger partial charge in [0, 0.05) is 11.8 Å². The van der Waals surface area contributed by atoms with Gasteiger partial charge in [-0.2, -0.15) is 11.8 Å². The predicted molar refractivity (Wildman–Crippen MR) is 73.1 cm³/mol. The van der Waals surface area contributed by atoms with Crippen molar-refractivity contribution in [2.45, 2.75) is 26.0 Å². The maximum absolute atomic E-state index is 10.7. The highest BCUT2D eigenvalue weighted by atomic mass is 32.2. The molecule has 0 aromatic heterocycles. The summed E-state index contributed by atoms with van der Waals surface area (Å²) in [7, 11) is 0. The first-order valence-corrected chi connectivity index (χ1v) is 6.81. The third kappa shape index (κ3) is 3.93. The highest BCUT2D eigenvalue weighted by Gasteiger charge is 2.14. The van der Waals surface area contributed by atoms with Crippen molar-refractivity contribution in [1.29, 1.82) is 0 Å². The van der Waals surface area contributed by atoms with Gasteiger partial charge in [-0.05, 0) is 17.2 Å². The van der Waals surface area contributed by atoms with E-state index in [1.165, 1.54) is 6.07 Å². The Kier molecular flexibility index (Phi) is 5.28. The number of anilines is 1. The number of rotatable bonds is 6. The molecule has 5 heteroatoms. The number of nitrogen functional groups attached to an aromatic ring is 1. The van der Waals surface area contributed by atoms with Crippen LogP contribution in [-0.4, -0.2) is 10.7 Å². The van der Waals surface area contributed by atoms with Gasteiger partial charge >= 0.3 is 0 Å². The van der Waals surface area contributed by atoms with Gasteiger partial charge in [0.1, 0.15) is 5.69 Å². The van der Waals surface area contributed by atoms with Gasteiger partial charge in [-0.15, -0.1) is 0 Å². The zero-order chi connectivity index (χ0) is 12.8. The molecule has 94 valence electrons. The molecule has 0 spiro atoms. The van der Waals surface area contributed by atoms with E-state index in [1.54, 1.807) is 17.8 Å². The minimum Gasteiger partial charge on any atom is -0.393 e. The smallest absolute Gasteiger partial charge is 0.292 e. The maximum Gasteiger partial charge on any atom is 0.292 e. The maximum atomic E-state index is 10.7. The van der Waals surface area contributed by atoms with Crippen LogP contribution in [0.5, 0.6) is 0 Å². The van der Waals surface area contributed by atoms with Crippen LogP contribution in [0, 0.1) is 16.0 Å². The molecule has 0 radical (unpaired) electrons. The van der Waals surface area contributed by atoms with E-state index in [9.17, 15) is 10.1 Å². The number of benzene rings is 1. The third-order valence-electron chi connectivity index (χ3n) is 2.73. The van der Waals surface area contributed by atoms with Crippen LogP contribution in [0.2, 0.25) is 0 Å². The number of thioether (sulfide) groups is 1. The summed E-state index contributed by atoms with van der Waals surface area (Å²) in [5.41, 5.74) is 6.94. The minimum absolute atomic E-state index is 0.00615. The number of nitrogens with two attached hydrogens (primary N) is 1. The molecule has 0 aliphatic heterocycles.